The minimum atomic E-state index is -0.914. The molecule has 0 spiro atoms. The Morgan fingerprint density at radius 2 is 1.38 bits per heavy atom. The van der Waals surface area contributed by atoms with Crippen LogP contribution in [0.3, 0.4) is 0 Å². The third-order valence-electron chi connectivity index (χ3n) is 10.9. The predicted molar refractivity (Wildman–Crippen MR) is 248 cm³/mol. The number of nitrogens with zero attached hydrogens (tertiary/aromatic N) is 5. The van der Waals surface area contributed by atoms with Gasteiger partial charge in [0, 0.05) is 42.2 Å². The van der Waals surface area contributed by atoms with Crippen molar-refractivity contribution in [3.8, 4) is 46.1 Å². The molecule has 4 atom stereocenters. The molecule has 4 N–H and O–H groups in total. The normalized spacial score (nSPS) is 16.0. The van der Waals surface area contributed by atoms with Gasteiger partial charge in [0.1, 0.15) is 29.4 Å². The van der Waals surface area contributed by atoms with Crippen LogP contribution in [0.15, 0.2) is 85.5 Å². The van der Waals surface area contributed by atoms with E-state index in [0.717, 1.165) is 47.2 Å². The Morgan fingerprint density at radius 1 is 0.734 bits per heavy atom. The number of imidazole rings is 2. The molecule has 2 aromatic carbocycles. The average molecular weight is 931 g/mol. The van der Waals surface area contributed by atoms with Crippen molar-refractivity contribution in [2.75, 3.05) is 27.3 Å². The Labute approximate surface area is 390 Å². The molecule has 2 fully saturated rings. The van der Waals surface area contributed by atoms with Gasteiger partial charge in [0.05, 0.1) is 44.4 Å². The minimum Gasteiger partial charge on any atom is -0.453 e. The van der Waals surface area contributed by atoms with Crippen LogP contribution < -0.4 is 10.6 Å². The van der Waals surface area contributed by atoms with Crippen LogP contribution in [-0.2, 0) is 19.1 Å². The first kappa shape index (κ1) is 50.1. The molecule has 5 heterocycles. The number of halogens is 3. The molecule has 2 aliphatic heterocycles. The minimum absolute atomic E-state index is 0. The monoisotopic (exact) mass is 929 g/mol. The molecule has 4 amide bonds. The van der Waals surface area contributed by atoms with Crippen LogP contribution in [0.2, 0.25) is 0 Å². The van der Waals surface area contributed by atoms with E-state index >= 15 is 0 Å². The SMILES string of the molecule is COC(=O)NC(C(=O)N1CCC[C@H]1c1ncc(-c2ccc(C#CC#Cc3cnc([C@@H]4CCCN4C(=O)[C@@H](NC(=O)OC)c4ccccc4)[nH]3)c(-c3cccnc3)c2)[nH]1)C(C)C.Cl.Cl.Cl. The van der Waals surface area contributed by atoms with Gasteiger partial charge in [-0.25, -0.2) is 19.6 Å². The number of pyridine rings is 1. The van der Waals surface area contributed by atoms with Crippen molar-refractivity contribution in [3.05, 3.63) is 114 Å². The van der Waals surface area contributed by atoms with Crippen molar-refractivity contribution in [2.45, 2.75) is 63.7 Å². The molecular formula is C46H50Cl3N9O6. The zero-order valence-corrected chi connectivity index (χ0v) is 38.1. The Morgan fingerprint density at radius 3 is 2.03 bits per heavy atom. The number of rotatable bonds is 10. The standard InChI is InChI=1S/C46H47N9O6.3ClH/c1-29(2)39(52-45(58)60-3)43(56)54-23-12-19-38(54)42-49-28-36(51-42)32-21-20-30(35(25-32)33-16-10-22-47-26-33)13-8-9-17-34-27-48-41(50-34)37-18-11-24-55(37)44(57)40(53-46(59)61-4)31-14-6-5-7-15-31;;;/h5-7,10,14-16,20-22,25-29,37-40H,11-12,18-19,23-24H2,1-4H3,(H,48,50)(H,49,51)(H,52,58)(H,53,59);3*1H/t37-,38-,39?,40-;;;/m0.../s1. The quantitative estimate of drug-likeness (QED) is 0.104. The van der Waals surface area contributed by atoms with Gasteiger partial charge >= 0.3 is 12.2 Å². The first-order chi connectivity index (χ1) is 29.6. The highest BCUT2D eigenvalue weighted by Gasteiger charge is 2.38. The van der Waals surface area contributed by atoms with Gasteiger partial charge in [0.15, 0.2) is 0 Å². The molecular weight excluding hydrogens is 881 g/mol. The number of carbonyl (C=O) groups excluding carboxylic acids is 4. The van der Waals surface area contributed by atoms with E-state index in [1.165, 1.54) is 14.2 Å². The van der Waals surface area contributed by atoms with Crippen molar-refractivity contribution in [1.82, 2.24) is 45.4 Å². The molecule has 2 saturated heterocycles. The number of likely N-dealkylation sites (tertiary alicyclic amines) is 2. The second-order valence-corrected chi connectivity index (χ2v) is 15.1. The molecule has 3 aromatic heterocycles. The summed E-state index contributed by atoms with van der Waals surface area (Å²) < 4.78 is 9.58. The first-order valence-electron chi connectivity index (χ1n) is 20.2. The molecule has 15 nitrogen and oxygen atoms in total. The average Bonchev–Trinajstić information content (AvgIpc) is 4.14. The van der Waals surface area contributed by atoms with Gasteiger partial charge in [0.2, 0.25) is 5.91 Å². The van der Waals surface area contributed by atoms with E-state index < -0.39 is 24.3 Å². The topological polar surface area (TPSA) is 188 Å². The largest absolute Gasteiger partial charge is 0.453 e. The van der Waals surface area contributed by atoms with E-state index in [1.54, 1.807) is 46.7 Å². The molecule has 336 valence electrons. The molecule has 7 rings (SSSR count). The number of H-pyrrole nitrogens is 2. The fourth-order valence-electron chi connectivity index (χ4n) is 7.78. The number of hydrogen-bond acceptors (Lipinski definition) is 9. The van der Waals surface area contributed by atoms with Crippen LogP contribution in [-0.4, -0.2) is 92.1 Å². The first-order valence-corrected chi connectivity index (χ1v) is 20.2. The summed E-state index contributed by atoms with van der Waals surface area (Å²) in [6.45, 7) is 4.84. The fraction of sp³-hybridized carbons (Fsp3) is 0.326. The van der Waals surface area contributed by atoms with E-state index in [1.807, 2.05) is 62.4 Å². The molecule has 18 heteroatoms. The number of amides is 4. The van der Waals surface area contributed by atoms with E-state index in [-0.39, 0.29) is 67.0 Å². The summed E-state index contributed by atoms with van der Waals surface area (Å²) in [6, 6.07) is 16.6. The van der Waals surface area contributed by atoms with Gasteiger partial charge in [-0.2, -0.15) is 0 Å². The summed E-state index contributed by atoms with van der Waals surface area (Å²) in [5.74, 6) is 12.9. The van der Waals surface area contributed by atoms with Crippen molar-refractivity contribution >= 4 is 61.2 Å². The van der Waals surface area contributed by atoms with Crippen molar-refractivity contribution in [3.63, 3.8) is 0 Å². The van der Waals surface area contributed by atoms with Gasteiger partial charge in [-0.15, -0.1) is 37.2 Å². The summed E-state index contributed by atoms with van der Waals surface area (Å²) in [6.07, 6.45) is 8.57. The Hall–Kier alpha value is -6.52. The Balaban J connectivity index is 0.00000299. The van der Waals surface area contributed by atoms with Crippen LogP contribution in [0, 0.1) is 29.6 Å². The fourth-order valence-corrected chi connectivity index (χ4v) is 7.78. The molecule has 0 radical (unpaired) electrons. The van der Waals surface area contributed by atoms with Crippen molar-refractivity contribution < 1.29 is 28.7 Å². The van der Waals surface area contributed by atoms with E-state index in [9.17, 15) is 19.2 Å². The number of benzene rings is 2. The summed E-state index contributed by atoms with van der Waals surface area (Å²) in [7, 11) is 2.54. The lowest BCUT2D eigenvalue weighted by molar-refractivity contribution is -0.135. The van der Waals surface area contributed by atoms with E-state index in [0.29, 0.717) is 42.4 Å². The molecule has 0 bridgehead atoms. The van der Waals surface area contributed by atoms with Gasteiger partial charge in [-0.05, 0) is 78.7 Å². The number of alkyl carbamates (subject to hydrolysis) is 2. The number of ether oxygens (including phenoxy) is 2. The molecule has 5 aromatic rings. The highest BCUT2D eigenvalue weighted by molar-refractivity contribution is 5.88. The molecule has 64 heavy (non-hydrogen) atoms. The third-order valence-corrected chi connectivity index (χ3v) is 10.9. The zero-order valence-electron chi connectivity index (χ0n) is 35.6. The summed E-state index contributed by atoms with van der Waals surface area (Å²) in [5, 5.41) is 5.38. The number of hydrogen-bond donors (Lipinski definition) is 4. The van der Waals surface area contributed by atoms with Crippen LogP contribution in [0.1, 0.15) is 86.1 Å². The third kappa shape index (κ3) is 11.5. The van der Waals surface area contributed by atoms with Crippen LogP contribution in [0.4, 0.5) is 9.59 Å². The lowest BCUT2D eigenvalue weighted by Crippen LogP contribution is -2.51. The van der Waals surface area contributed by atoms with Crippen molar-refractivity contribution in [1.29, 1.82) is 0 Å². The second kappa shape index (κ2) is 23.2. The maximum atomic E-state index is 13.9. The van der Waals surface area contributed by atoms with Crippen LogP contribution in [0.5, 0.6) is 0 Å². The van der Waals surface area contributed by atoms with Crippen molar-refractivity contribution in [2.24, 2.45) is 5.92 Å². The molecule has 1 unspecified atom stereocenters. The summed E-state index contributed by atoms with van der Waals surface area (Å²) >= 11 is 0. The van der Waals surface area contributed by atoms with E-state index in [2.05, 4.69) is 54.3 Å². The lowest BCUT2D eigenvalue weighted by atomic mass is 9.97. The smallest absolute Gasteiger partial charge is 0.407 e. The number of carbonyl (C=O) groups is 4. The number of methoxy groups -OCH3 is 2. The maximum absolute atomic E-state index is 13.9. The molecule has 0 saturated carbocycles. The van der Waals surface area contributed by atoms with Crippen LogP contribution >= 0.6 is 37.2 Å². The summed E-state index contributed by atoms with van der Waals surface area (Å²) in [4.78, 5) is 75.6. The number of aromatic amines is 2. The van der Waals surface area contributed by atoms with Gasteiger partial charge < -0.3 is 39.9 Å². The van der Waals surface area contributed by atoms with Gasteiger partial charge in [-0.1, -0.05) is 62.2 Å². The predicted octanol–water partition coefficient (Wildman–Crippen LogP) is 7.34. The van der Waals surface area contributed by atoms with Gasteiger partial charge in [-0.3, -0.25) is 14.6 Å². The van der Waals surface area contributed by atoms with Crippen LogP contribution in [0.25, 0.3) is 22.4 Å². The van der Waals surface area contributed by atoms with Gasteiger partial charge in [0.25, 0.3) is 5.91 Å². The highest BCUT2D eigenvalue weighted by Crippen LogP contribution is 2.35. The molecule has 2 aliphatic rings. The zero-order chi connectivity index (χ0) is 42.9. The van der Waals surface area contributed by atoms with E-state index in [4.69, 9.17) is 14.5 Å². The lowest BCUT2D eigenvalue weighted by Gasteiger charge is -2.30. The molecule has 0 aliphatic carbocycles. The number of nitrogens with one attached hydrogen (secondary N) is 4. The maximum Gasteiger partial charge on any atom is 0.407 e. The highest BCUT2D eigenvalue weighted by atomic mass is 35.5. The Bertz CT molecular complexity index is 2510. The number of aromatic nitrogens is 5. The summed E-state index contributed by atoms with van der Waals surface area (Å²) in [5.41, 5.74) is 5.33. The Kier molecular flexibility index (Phi) is 18.2. The second-order valence-electron chi connectivity index (χ2n) is 15.1.